The van der Waals surface area contributed by atoms with Gasteiger partial charge in [0.2, 0.25) is 5.91 Å². The van der Waals surface area contributed by atoms with Crippen molar-refractivity contribution < 1.29 is 29.0 Å². The molecule has 2 unspecified atom stereocenters. The molecule has 2 N–H and O–H groups in total. The van der Waals surface area contributed by atoms with Gasteiger partial charge in [-0.05, 0) is 36.1 Å². The second-order valence-electron chi connectivity index (χ2n) is 8.78. The fourth-order valence-corrected chi connectivity index (χ4v) is 4.83. The van der Waals surface area contributed by atoms with Crippen molar-refractivity contribution in [2.75, 3.05) is 20.3 Å². The van der Waals surface area contributed by atoms with Crippen LogP contribution in [-0.4, -0.2) is 65.9 Å². The zero-order valence-electron chi connectivity index (χ0n) is 18.9. The van der Waals surface area contributed by atoms with E-state index in [1.54, 1.807) is 0 Å². The van der Waals surface area contributed by atoms with Crippen molar-refractivity contribution in [1.82, 2.24) is 10.2 Å². The molecule has 3 atom stereocenters. The molecule has 8 heteroatoms. The smallest absolute Gasteiger partial charge is 0.407 e. The average molecular weight is 453 g/mol. The monoisotopic (exact) mass is 452 g/mol. The van der Waals surface area contributed by atoms with Crippen molar-refractivity contribution in [3.05, 3.63) is 59.7 Å². The summed E-state index contributed by atoms with van der Waals surface area (Å²) in [6, 6.07) is 15.1. The van der Waals surface area contributed by atoms with Crippen LogP contribution in [0.1, 0.15) is 37.3 Å². The standard InChI is InChI=1S/C25H28N2O6/c1-15(22(28)27-13-16(32-3)12-25(27,2)23(29)30)26-24(31)33-14-21-19-10-6-4-8-17(19)18-9-5-7-11-20(18)21/h4-11,15-16,21H,12-14H2,1-3H3,(H,26,31)(H,29,30)/t15-,16?,25?/m0/s1. The second-order valence-corrected chi connectivity index (χ2v) is 8.78. The number of nitrogens with one attached hydrogen (secondary N) is 1. The molecule has 0 aromatic heterocycles. The van der Waals surface area contributed by atoms with Gasteiger partial charge in [-0.25, -0.2) is 9.59 Å². The zero-order chi connectivity index (χ0) is 23.8. The Hall–Kier alpha value is -3.39. The highest BCUT2D eigenvalue weighted by atomic mass is 16.5. The van der Waals surface area contributed by atoms with Gasteiger partial charge in [-0.15, -0.1) is 0 Å². The SMILES string of the molecule is COC1CN(C(=O)[C@H](C)NC(=O)OCC2c3ccccc3-c3ccccc32)C(C)(C(=O)O)C1. The van der Waals surface area contributed by atoms with Crippen LogP contribution in [0.15, 0.2) is 48.5 Å². The molecule has 1 heterocycles. The summed E-state index contributed by atoms with van der Waals surface area (Å²) < 4.78 is 10.8. The Kier molecular flexibility index (Phi) is 6.12. The molecule has 1 saturated heterocycles. The number of carbonyl (C=O) groups is 3. The summed E-state index contributed by atoms with van der Waals surface area (Å²) in [5.74, 6) is -1.69. The second kappa shape index (κ2) is 8.86. The van der Waals surface area contributed by atoms with E-state index in [9.17, 15) is 19.5 Å². The molecule has 2 aromatic rings. The zero-order valence-corrected chi connectivity index (χ0v) is 18.9. The normalized spacial score (nSPS) is 22.4. The summed E-state index contributed by atoms with van der Waals surface area (Å²) in [7, 11) is 1.49. The van der Waals surface area contributed by atoms with Gasteiger partial charge in [-0.3, -0.25) is 4.79 Å². The molecule has 0 saturated carbocycles. The van der Waals surface area contributed by atoms with Gasteiger partial charge in [0.1, 0.15) is 18.2 Å². The minimum absolute atomic E-state index is 0.0921. The molecule has 0 spiro atoms. The van der Waals surface area contributed by atoms with Crippen LogP contribution in [0.4, 0.5) is 4.79 Å². The summed E-state index contributed by atoms with van der Waals surface area (Å²) in [6.07, 6.45) is -0.920. The maximum atomic E-state index is 13.0. The van der Waals surface area contributed by atoms with Crippen molar-refractivity contribution in [2.24, 2.45) is 0 Å². The van der Waals surface area contributed by atoms with Crippen LogP contribution >= 0.6 is 0 Å². The number of carbonyl (C=O) groups excluding carboxylic acids is 2. The Labute approximate surface area is 192 Å². The highest BCUT2D eigenvalue weighted by molar-refractivity contribution is 5.91. The molecule has 2 aromatic carbocycles. The van der Waals surface area contributed by atoms with E-state index >= 15 is 0 Å². The van der Waals surface area contributed by atoms with Crippen LogP contribution in [0.3, 0.4) is 0 Å². The van der Waals surface area contributed by atoms with Crippen molar-refractivity contribution >= 4 is 18.0 Å². The highest BCUT2D eigenvalue weighted by Gasteiger charge is 2.51. The number of carboxylic acids is 1. The first-order valence-corrected chi connectivity index (χ1v) is 11.0. The number of methoxy groups -OCH3 is 1. The third kappa shape index (κ3) is 4.06. The van der Waals surface area contributed by atoms with Crippen molar-refractivity contribution in [2.45, 2.75) is 43.9 Å². The minimum Gasteiger partial charge on any atom is -0.480 e. The third-order valence-corrected chi connectivity index (χ3v) is 6.72. The van der Waals surface area contributed by atoms with E-state index in [0.29, 0.717) is 0 Å². The number of hydrogen-bond donors (Lipinski definition) is 2. The summed E-state index contributed by atoms with van der Waals surface area (Å²) in [5.41, 5.74) is 3.04. The lowest BCUT2D eigenvalue weighted by atomic mass is 9.98. The van der Waals surface area contributed by atoms with E-state index in [1.165, 1.54) is 25.9 Å². The first-order valence-electron chi connectivity index (χ1n) is 11.0. The molecule has 0 radical (unpaired) electrons. The Bertz CT molecular complexity index is 1040. The van der Waals surface area contributed by atoms with Crippen LogP contribution in [0.2, 0.25) is 0 Å². The van der Waals surface area contributed by atoms with Crippen LogP contribution in [0.25, 0.3) is 11.1 Å². The van der Waals surface area contributed by atoms with Gasteiger partial charge < -0.3 is 24.8 Å². The van der Waals surface area contributed by atoms with Gasteiger partial charge in [-0.2, -0.15) is 0 Å². The molecule has 4 rings (SSSR count). The topological polar surface area (TPSA) is 105 Å². The Morgan fingerprint density at radius 3 is 2.24 bits per heavy atom. The first-order chi connectivity index (χ1) is 15.8. The Balaban J connectivity index is 1.40. The van der Waals surface area contributed by atoms with Crippen molar-refractivity contribution in [3.8, 4) is 11.1 Å². The minimum atomic E-state index is -1.39. The predicted octanol–water partition coefficient (Wildman–Crippen LogP) is 3.00. The number of hydrogen-bond acceptors (Lipinski definition) is 5. The van der Waals surface area contributed by atoms with Gasteiger partial charge in [-0.1, -0.05) is 48.5 Å². The van der Waals surface area contributed by atoms with Crippen LogP contribution in [-0.2, 0) is 19.1 Å². The average Bonchev–Trinajstić information content (AvgIpc) is 3.33. The summed E-state index contributed by atoms with van der Waals surface area (Å²) in [5, 5.41) is 12.2. The number of benzene rings is 2. The van der Waals surface area contributed by atoms with Crippen LogP contribution in [0.5, 0.6) is 0 Å². The van der Waals surface area contributed by atoms with E-state index in [2.05, 4.69) is 17.4 Å². The quantitative estimate of drug-likeness (QED) is 0.698. The first kappa shape index (κ1) is 22.8. The van der Waals surface area contributed by atoms with Crippen LogP contribution in [0, 0.1) is 0 Å². The van der Waals surface area contributed by atoms with E-state index < -0.39 is 29.6 Å². The van der Waals surface area contributed by atoms with Crippen LogP contribution < -0.4 is 5.32 Å². The van der Waals surface area contributed by atoms with Crippen molar-refractivity contribution in [3.63, 3.8) is 0 Å². The van der Waals surface area contributed by atoms with Gasteiger partial charge in [0.15, 0.2) is 0 Å². The number of fused-ring (bicyclic) bond motifs is 3. The maximum Gasteiger partial charge on any atom is 0.407 e. The molecular formula is C25H28N2O6. The fourth-order valence-electron chi connectivity index (χ4n) is 4.83. The number of amides is 2. The van der Waals surface area contributed by atoms with Crippen molar-refractivity contribution in [1.29, 1.82) is 0 Å². The van der Waals surface area contributed by atoms with E-state index in [4.69, 9.17) is 9.47 Å². The van der Waals surface area contributed by atoms with Gasteiger partial charge >= 0.3 is 12.1 Å². The van der Waals surface area contributed by atoms with E-state index in [0.717, 1.165) is 22.3 Å². The number of rotatable bonds is 6. The molecule has 0 bridgehead atoms. The number of alkyl carbamates (subject to hydrolysis) is 1. The molecule has 174 valence electrons. The molecule has 1 aliphatic carbocycles. The molecule has 2 amide bonds. The Morgan fingerprint density at radius 1 is 1.12 bits per heavy atom. The number of carboxylic acid groups (broad SMARTS) is 1. The fraction of sp³-hybridized carbons (Fsp3) is 0.400. The number of aliphatic carboxylic acids is 1. The summed E-state index contributed by atoms with van der Waals surface area (Å²) in [6.45, 7) is 3.29. The lowest BCUT2D eigenvalue weighted by Crippen LogP contribution is -2.56. The highest BCUT2D eigenvalue weighted by Crippen LogP contribution is 2.44. The Morgan fingerprint density at radius 2 is 1.70 bits per heavy atom. The van der Waals surface area contributed by atoms with Gasteiger partial charge in [0.05, 0.1) is 6.10 Å². The molecule has 1 fully saturated rings. The largest absolute Gasteiger partial charge is 0.480 e. The molecule has 2 aliphatic rings. The lowest BCUT2D eigenvalue weighted by Gasteiger charge is -2.32. The molecular weight excluding hydrogens is 424 g/mol. The van der Waals surface area contributed by atoms with E-state index in [-0.39, 0.29) is 31.6 Å². The molecule has 33 heavy (non-hydrogen) atoms. The van der Waals surface area contributed by atoms with Gasteiger partial charge in [0.25, 0.3) is 0 Å². The summed E-state index contributed by atoms with van der Waals surface area (Å²) >= 11 is 0. The van der Waals surface area contributed by atoms with Gasteiger partial charge in [0, 0.05) is 26.0 Å². The number of likely N-dealkylation sites (tertiary alicyclic amines) is 1. The lowest BCUT2D eigenvalue weighted by molar-refractivity contribution is -0.155. The van der Waals surface area contributed by atoms with E-state index in [1.807, 2.05) is 36.4 Å². The summed E-state index contributed by atoms with van der Waals surface area (Å²) in [4.78, 5) is 38.6. The molecule has 8 nitrogen and oxygen atoms in total. The molecule has 1 aliphatic heterocycles. The number of ether oxygens (including phenoxy) is 2. The third-order valence-electron chi connectivity index (χ3n) is 6.72. The predicted molar refractivity (Wildman–Crippen MR) is 121 cm³/mol. The number of nitrogens with zero attached hydrogens (tertiary/aromatic N) is 1. The maximum absolute atomic E-state index is 13.0.